The number of methoxy groups -OCH3 is 2. The van der Waals surface area contributed by atoms with Gasteiger partial charge >= 0.3 is 0 Å². The number of aryl methyl sites for hydroxylation is 1. The van der Waals surface area contributed by atoms with Gasteiger partial charge in [-0.1, -0.05) is 17.3 Å². The molecular formula is C25H30N4O6S. The smallest absolute Gasteiger partial charge is 0.246 e. The number of hydrogen-bond acceptors (Lipinski definition) is 8. The Balaban J connectivity index is 1.40. The molecule has 1 aromatic heterocycles. The zero-order chi connectivity index (χ0) is 25.7. The second-order valence-electron chi connectivity index (χ2n) is 8.58. The quantitative estimate of drug-likeness (QED) is 0.405. The number of carbonyl (C=O) groups excluding carboxylic acids is 1. The molecule has 0 atom stereocenters. The molecule has 1 aliphatic rings. The summed E-state index contributed by atoms with van der Waals surface area (Å²) >= 11 is 0. The molecule has 0 spiro atoms. The molecule has 4 rings (SSSR count). The van der Waals surface area contributed by atoms with Crippen LogP contribution >= 0.6 is 0 Å². The fraction of sp³-hybridized carbons (Fsp3) is 0.400. The number of sulfonamides is 1. The maximum Gasteiger partial charge on any atom is 0.246 e. The lowest BCUT2D eigenvalue weighted by Crippen LogP contribution is -2.28. The van der Waals surface area contributed by atoms with Crippen LogP contribution in [0.25, 0.3) is 11.4 Å². The SMILES string of the molecule is COc1cccc(-c2noc(CN(C)C(=O)CCc3cc(S(=O)(=O)N4CCCC4)ccc3OC)n2)c1. The van der Waals surface area contributed by atoms with Crippen LogP contribution in [0, 0.1) is 0 Å². The van der Waals surface area contributed by atoms with Crippen molar-refractivity contribution in [1.29, 1.82) is 0 Å². The lowest BCUT2D eigenvalue weighted by atomic mass is 10.1. The molecule has 2 heterocycles. The van der Waals surface area contributed by atoms with Crippen LogP contribution in [0.1, 0.15) is 30.7 Å². The highest BCUT2D eigenvalue weighted by atomic mass is 32.2. The van der Waals surface area contributed by atoms with E-state index in [-0.39, 0.29) is 23.8 Å². The second-order valence-corrected chi connectivity index (χ2v) is 10.5. The molecule has 10 nitrogen and oxygen atoms in total. The van der Waals surface area contributed by atoms with Crippen LogP contribution in [0.2, 0.25) is 0 Å². The molecule has 2 aromatic carbocycles. The number of benzene rings is 2. The largest absolute Gasteiger partial charge is 0.497 e. The molecule has 192 valence electrons. The Morgan fingerprint density at radius 1 is 1.11 bits per heavy atom. The normalized spacial score (nSPS) is 14.1. The van der Waals surface area contributed by atoms with Gasteiger partial charge in [0.05, 0.1) is 25.7 Å². The van der Waals surface area contributed by atoms with Crippen LogP contribution in [-0.2, 0) is 27.8 Å². The van der Waals surface area contributed by atoms with Crippen LogP contribution in [0.3, 0.4) is 0 Å². The molecule has 0 unspecified atom stereocenters. The van der Waals surface area contributed by atoms with Gasteiger partial charge in [-0.15, -0.1) is 0 Å². The molecule has 1 aliphatic heterocycles. The third-order valence-electron chi connectivity index (χ3n) is 6.16. The zero-order valence-electron chi connectivity index (χ0n) is 20.6. The molecule has 36 heavy (non-hydrogen) atoms. The van der Waals surface area contributed by atoms with E-state index < -0.39 is 10.0 Å². The molecule has 0 bridgehead atoms. The van der Waals surface area contributed by atoms with E-state index >= 15 is 0 Å². The number of amides is 1. The molecule has 0 aliphatic carbocycles. The summed E-state index contributed by atoms with van der Waals surface area (Å²) in [6.45, 7) is 1.21. The summed E-state index contributed by atoms with van der Waals surface area (Å²) in [6, 6.07) is 12.1. The van der Waals surface area contributed by atoms with E-state index in [0.717, 1.165) is 18.4 Å². The summed E-state index contributed by atoms with van der Waals surface area (Å²) in [5.74, 6) is 1.79. The van der Waals surface area contributed by atoms with Crippen LogP contribution in [0.5, 0.6) is 11.5 Å². The molecule has 3 aromatic rings. The number of nitrogens with zero attached hydrogens (tertiary/aromatic N) is 4. The first-order chi connectivity index (χ1) is 17.3. The van der Waals surface area contributed by atoms with Gasteiger partial charge < -0.3 is 18.9 Å². The van der Waals surface area contributed by atoms with E-state index in [0.29, 0.717) is 48.3 Å². The van der Waals surface area contributed by atoms with E-state index in [4.69, 9.17) is 14.0 Å². The van der Waals surface area contributed by atoms with Crippen molar-refractivity contribution in [1.82, 2.24) is 19.3 Å². The van der Waals surface area contributed by atoms with Crippen molar-refractivity contribution in [3.63, 3.8) is 0 Å². The van der Waals surface area contributed by atoms with Crippen LogP contribution in [0.15, 0.2) is 51.9 Å². The maximum absolute atomic E-state index is 13.0. The minimum atomic E-state index is -3.56. The Morgan fingerprint density at radius 3 is 2.61 bits per heavy atom. The van der Waals surface area contributed by atoms with Crippen molar-refractivity contribution >= 4 is 15.9 Å². The average Bonchev–Trinajstić information content (AvgIpc) is 3.60. The summed E-state index contributed by atoms with van der Waals surface area (Å²) in [5, 5.41) is 4.00. The predicted octanol–water partition coefficient (Wildman–Crippen LogP) is 3.13. The first kappa shape index (κ1) is 25.6. The summed E-state index contributed by atoms with van der Waals surface area (Å²) in [7, 11) is 1.20. The first-order valence-electron chi connectivity index (χ1n) is 11.7. The minimum absolute atomic E-state index is 0.147. The van der Waals surface area contributed by atoms with Gasteiger partial charge in [-0.05, 0) is 55.2 Å². The van der Waals surface area contributed by atoms with Gasteiger partial charge in [-0.3, -0.25) is 4.79 Å². The molecule has 1 amide bonds. The van der Waals surface area contributed by atoms with E-state index in [1.165, 1.54) is 16.3 Å². The molecule has 0 saturated carbocycles. The number of ether oxygens (including phenoxy) is 2. The van der Waals surface area contributed by atoms with E-state index in [2.05, 4.69) is 10.1 Å². The lowest BCUT2D eigenvalue weighted by Gasteiger charge is -2.18. The Bertz CT molecular complexity index is 1320. The Labute approximate surface area is 210 Å². The summed E-state index contributed by atoms with van der Waals surface area (Å²) in [4.78, 5) is 18.9. The molecule has 1 fully saturated rings. The van der Waals surface area contributed by atoms with Gasteiger partial charge in [0.25, 0.3) is 0 Å². The van der Waals surface area contributed by atoms with Gasteiger partial charge in [0.1, 0.15) is 11.5 Å². The monoisotopic (exact) mass is 514 g/mol. The minimum Gasteiger partial charge on any atom is -0.497 e. The van der Waals surface area contributed by atoms with Crippen molar-refractivity contribution in [3.05, 3.63) is 53.9 Å². The number of aromatic nitrogens is 2. The highest BCUT2D eigenvalue weighted by Crippen LogP contribution is 2.28. The Hall–Kier alpha value is -3.44. The first-order valence-corrected chi connectivity index (χ1v) is 13.1. The van der Waals surface area contributed by atoms with Crippen LogP contribution in [-0.4, -0.2) is 68.0 Å². The summed E-state index contributed by atoms with van der Waals surface area (Å²) in [6.07, 6.45) is 2.22. The van der Waals surface area contributed by atoms with Crippen LogP contribution < -0.4 is 9.47 Å². The predicted molar refractivity (Wildman–Crippen MR) is 132 cm³/mol. The molecule has 0 N–H and O–H groups in total. The average molecular weight is 515 g/mol. The zero-order valence-corrected chi connectivity index (χ0v) is 21.5. The second kappa shape index (κ2) is 11.1. The number of carbonyl (C=O) groups is 1. The van der Waals surface area contributed by atoms with Gasteiger partial charge in [0, 0.05) is 32.1 Å². The summed E-state index contributed by atoms with van der Waals surface area (Å²) < 4.78 is 43.4. The number of rotatable bonds is 10. The Kier molecular flexibility index (Phi) is 7.90. The topological polar surface area (TPSA) is 115 Å². The fourth-order valence-corrected chi connectivity index (χ4v) is 5.68. The van der Waals surface area contributed by atoms with Crippen molar-refractivity contribution in [2.75, 3.05) is 34.4 Å². The van der Waals surface area contributed by atoms with Crippen LogP contribution in [0.4, 0.5) is 0 Å². The van der Waals surface area contributed by atoms with Gasteiger partial charge in [0.15, 0.2) is 0 Å². The van der Waals surface area contributed by atoms with Gasteiger partial charge in [0.2, 0.25) is 27.6 Å². The van der Waals surface area contributed by atoms with Crippen molar-refractivity contribution < 1.29 is 27.2 Å². The molecule has 11 heteroatoms. The van der Waals surface area contributed by atoms with E-state index in [1.54, 1.807) is 38.4 Å². The van der Waals surface area contributed by atoms with E-state index in [1.807, 2.05) is 18.2 Å². The lowest BCUT2D eigenvalue weighted by molar-refractivity contribution is -0.130. The molecular weight excluding hydrogens is 484 g/mol. The van der Waals surface area contributed by atoms with Crippen molar-refractivity contribution in [2.45, 2.75) is 37.1 Å². The van der Waals surface area contributed by atoms with E-state index in [9.17, 15) is 13.2 Å². The van der Waals surface area contributed by atoms with Gasteiger partial charge in [-0.25, -0.2) is 8.42 Å². The molecule has 0 radical (unpaired) electrons. The number of hydrogen-bond donors (Lipinski definition) is 0. The third kappa shape index (κ3) is 5.68. The molecule has 1 saturated heterocycles. The van der Waals surface area contributed by atoms with Gasteiger partial charge in [-0.2, -0.15) is 9.29 Å². The standard InChI is InChI=1S/C25H30N4O6S/c1-28(17-23-26-25(27-35-23)19-7-6-8-20(15-19)33-2)24(30)12-9-18-16-21(10-11-22(18)34-3)36(31,32)29-13-4-5-14-29/h6-8,10-11,15-16H,4-5,9,12-14,17H2,1-3H3. The third-order valence-corrected chi connectivity index (χ3v) is 8.05. The highest BCUT2D eigenvalue weighted by Gasteiger charge is 2.28. The highest BCUT2D eigenvalue weighted by molar-refractivity contribution is 7.89. The maximum atomic E-state index is 13.0. The van der Waals surface area contributed by atoms with Crippen molar-refractivity contribution in [2.24, 2.45) is 0 Å². The summed E-state index contributed by atoms with van der Waals surface area (Å²) in [5.41, 5.74) is 1.41. The Morgan fingerprint density at radius 2 is 1.89 bits per heavy atom. The van der Waals surface area contributed by atoms with Crippen molar-refractivity contribution in [3.8, 4) is 22.9 Å². The fourth-order valence-electron chi connectivity index (χ4n) is 4.11.